The van der Waals surface area contributed by atoms with E-state index in [0.717, 1.165) is 11.4 Å². The molecule has 7 heteroatoms. The highest BCUT2D eigenvalue weighted by molar-refractivity contribution is 5.75. The molecule has 1 aliphatic rings. The van der Waals surface area contributed by atoms with E-state index in [2.05, 4.69) is 28.7 Å². The van der Waals surface area contributed by atoms with Crippen LogP contribution in [0.2, 0.25) is 0 Å². The number of benzene rings is 1. The van der Waals surface area contributed by atoms with Crippen LogP contribution in [-0.2, 0) is 4.79 Å². The topological polar surface area (TPSA) is 78.8 Å². The van der Waals surface area contributed by atoms with Crippen molar-refractivity contribution in [3.05, 3.63) is 48.4 Å². The predicted molar refractivity (Wildman–Crippen MR) is 103 cm³/mol. The second-order valence-electron chi connectivity index (χ2n) is 7.10. The van der Waals surface area contributed by atoms with Gasteiger partial charge in [0.05, 0.1) is 12.8 Å². The summed E-state index contributed by atoms with van der Waals surface area (Å²) in [6.07, 6.45) is 5.05. The average Bonchev–Trinajstić information content (AvgIpc) is 2.68. The third-order valence-corrected chi connectivity index (χ3v) is 4.54. The molecule has 144 valence electrons. The van der Waals surface area contributed by atoms with Crippen molar-refractivity contribution in [3.63, 3.8) is 0 Å². The van der Waals surface area contributed by atoms with Crippen LogP contribution in [-0.4, -0.2) is 58.7 Å². The highest BCUT2D eigenvalue weighted by Gasteiger charge is 2.31. The van der Waals surface area contributed by atoms with Crippen molar-refractivity contribution in [2.24, 2.45) is 5.92 Å². The Balaban J connectivity index is 1.70. The average molecular weight is 370 g/mol. The second-order valence-corrected chi connectivity index (χ2v) is 7.10. The van der Waals surface area contributed by atoms with Gasteiger partial charge >= 0.3 is 5.97 Å². The largest absolute Gasteiger partial charge is 0.493 e. The third-order valence-electron chi connectivity index (χ3n) is 4.54. The van der Waals surface area contributed by atoms with Gasteiger partial charge in [0.2, 0.25) is 0 Å². The maximum atomic E-state index is 12.0. The number of carboxylic acids is 1. The van der Waals surface area contributed by atoms with E-state index in [1.807, 2.05) is 29.2 Å². The van der Waals surface area contributed by atoms with E-state index >= 15 is 0 Å². The van der Waals surface area contributed by atoms with E-state index in [-0.39, 0.29) is 0 Å². The molecule has 1 aromatic heterocycles. The lowest BCUT2D eigenvalue weighted by Gasteiger charge is -2.38. The Bertz CT molecular complexity index is 746. The normalized spacial score (nSPS) is 16.3. The van der Waals surface area contributed by atoms with Gasteiger partial charge in [-0.1, -0.05) is 26.0 Å². The first-order valence-corrected chi connectivity index (χ1v) is 9.25. The number of carboxylic acid groups (broad SMARTS) is 1. The number of nitrogens with zero attached hydrogens (tertiary/aromatic N) is 4. The summed E-state index contributed by atoms with van der Waals surface area (Å²) < 4.78 is 5.77. The minimum Gasteiger partial charge on any atom is -0.493 e. The summed E-state index contributed by atoms with van der Waals surface area (Å²) in [5.74, 6) is 1.11. The number of aromatic nitrogens is 2. The standard InChI is InChI=1S/C20H26N4O3/c1-15(2)14-27-17-5-3-4-16(12-17)19(20(25)26)24-10-8-23(9-11-24)18-13-21-6-7-22-18/h3-7,12-13,15,19H,8-11,14H2,1-2H3,(H,25,26)/t19-/m1/s1. The van der Waals surface area contributed by atoms with Crippen LogP contribution in [0.15, 0.2) is 42.9 Å². The van der Waals surface area contributed by atoms with Crippen LogP contribution in [0.4, 0.5) is 5.82 Å². The summed E-state index contributed by atoms with van der Waals surface area (Å²) in [5.41, 5.74) is 0.747. The molecule has 0 spiro atoms. The zero-order chi connectivity index (χ0) is 19.2. The van der Waals surface area contributed by atoms with E-state index in [9.17, 15) is 9.90 Å². The number of rotatable bonds is 7. The Hall–Kier alpha value is -2.67. The first-order chi connectivity index (χ1) is 13.0. The Morgan fingerprint density at radius 3 is 2.63 bits per heavy atom. The van der Waals surface area contributed by atoms with Gasteiger partial charge in [-0.25, -0.2) is 4.98 Å². The predicted octanol–water partition coefficient (Wildman–Crippen LogP) is 2.46. The summed E-state index contributed by atoms with van der Waals surface area (Å²) in [6, 6.07) is 6.75. The fourth-order valence-corrected chi connectivity index (χ4v) is 3.21. The first kappa shape index (κ1) is 19.1. The van der Waals surface area contributed by atoms with Gasteiger partial charge in [-0.05, 0) is 23.6 Å². The summed E-state index contributed by atoms with van der Waals surface area (Å²) in [4.78, 5) is 24.6. The van der Waals surface area contributed by atoms with Gasteiger partial charge in [0.1, 0.15) is 17.6 Å². The van der Waals surface area contributed by atoms with Crippen molar-refractivity contribution < 1.29 is 14.6 Å². The first-order valence-electron chi connectivity index (χ1n) is 9.25. The Morgan fingerprint density at radius 1 is 1.22 bits per heavy atom. The van der Waals surface area contributed by atoms with Gasteiger partial charge in [0, 0.05) is 38.6 Å². The van der Waals surface area contributed by atoms with E-state index < -0.39 is 12.0 Å². The molecule has 1 saturated heterocycles. The molecular weight excluding hydrogens is 344 g/mol. The van der Waals surface area contributed by atoms with Crippen LogP contribution in [0.3, 0.4) is 0 Å². The Labute approximate surface area is 159 Å². The maximum Gasteiger partial charge on any atom is 0.325 e. The summed E-state index contributed by atoms with van der Waals surface area (Å²) in [7, 11) is 0. The fraction of sp³-hybridized carbons (Fsp3) is 0.450. The molecule has 0 amide bonds. The lowest BCUT2D eigenvalue weighted by atomic mass is 10.0. The molecule has 2 heterocycles. The Morgan fingerprint density at radius 2 is 2.00 bits per heavy atom. The van der Waals surface area contributed by atoms with Gasteiger partial charge in [0.25, 0.3) is 0 Å². The molecule has 1 fully saturated rings. The molecule has 0 unspecified atom stereocenters. The summed E-state index contributed by atoms with van der Waals surface area (Å²) in [6.45, 7) is 7.49. The number of hydrogen-bond acceptors (Lipinski definition) is 6. The van der Waals surface area contributed by atoms with Crippen molar-refractivity contribution in [2.75, 3.05) is 37.7 Å². The highest BCUT2D eigenvalue weighted by atomic mass is 16.5. The smallest absolute Gasteiger partial charge is 0.325 e. The summed E-state index contributed by atoms with van der Waals surface area (Å²) in [5, 5.41) is 9.85. The molecule has 0 aliphatic carbocycles. The molecule has 0 radical (unpaired) electrons. The number of carbonyl (C=O) groups is 1. The van der Waals surface area contributed by atoms with Crippen LogP contribution < -0.4 is 9.64 Å². The quantitative estimate of drug-likeness (QED) is 0.802. The van der Waals surface area contributed by atoms with Gasteiger partial charge in [-0.15, -0.1) is 0 Å². The number of piperazine rings is 1. The molecular formula is C20H26N4O3. The van der Waals surface area contributed by atoms with E-state index in [1.165, 1.54) is 0 Å². The molecule has 2 aromatic rings. The van der Waals surface area contributed by atoms with Crippen LogP contribution in [0.25, 0.3) is 0 Å². The fourth-order valence-electron chi connectivity index (χ4n) is 3.21. The third kappa shape index (κ3) is 4.95. The number of aliphatic carboxylic acids is 1. The SMILES string of the molecule is CC(C)COc1cccc([C@H](C(=O)O)N2CCN(c3cnccn3)CC2)c1. The maximum absolute atomic E-state index is 12.0. The van der Waals surface area contributed by atoms with Gasteiger partial charge in [-0.2, -0.15) is 0 Å². The molecule has 1 aromatic carbocycles. The van der Waals surface area contributed by atoms with E-state index in [4.69, 9.17) is 4.74 Å². The molecule has 27 heavy (non-hydrogen) atoms. The van der Waals surface area contributed by atoms with Crippen LogP contribution in [0.5, 0.6) is 5.75 Å². The summed E-state index contributed by atoms with van der Waals surface area (Å²) >= 11 is 0. The van der Waals surface area contributed by atoms with Crippen molar-refractivity contribution >= 4 is 11.8 Å². The van der Waals surface area contributed by atoms with E-state index in [1.54, 1.807) is 18.6 Å². The van der Waals surface area contributed by atoms with Crippen molar-refractivity contribution in [1.82, 2.24) is 14.9 Å². The zero-order valence-electron chi connectivity index (χ0n) is 15.8. The highest BCUT2D eigenvalue weighted by Crippen LogP contribution is 2.27. The van der Waals surface area contributed by atoms with Crippen molar-refractivity contribution in [1.29, 1.82) is 0 Å². The van der Waals surface area contributed by atoms with Crippen molar-refractivity contribution in [2.45, 2.75) is 19.9 Å². The van der Waals surface area contributed by atoms with Crippen LogP contribution in [0.1, 0.15) is 25.5 Å². The lowest BCUT2D eigenvalue weighted by Crippen LogP contribution is -2.49. The van der Waals surface area contributed by atoms with Crippen LogP contribution in [0, 0.1) is 5.92 Å². The van der Waals surface area contributed by atoms with Gasteiger partial charge < -0.3 is 14.7 Å². The van der Waals surface area contributed by atoms with Crippen molar-refractivity contribution in [3.8, 4) is 5.75 Å². The Kier molecular flexibility index (Phi) is 6.24. The molecule has 1 aliphatic heterocycles. The van der Waals surface area contributed by atoms with Crippen LogP contribution >= 0.6 is 0 Å². The second kappa shape index (κ2) is 8.81. The monoisotopic (exact) mass is 370 g/mol. The number of hydrogen-bond donors (Lipinski definition) is 1. The minimum atomic E-state index is -0.844. The molecule has 7 nitrogen and oxygen atoms in total. The lowest BCUT2D eigenvalue weighted by molar-refractivity contribution is -0.143. The van der Waals surface area contributed by atoms with E-state index in [0.29, 0.717) is 44.5 Å². The molecule has 1 atom stereocenters. The number of anilines is 1. The van der Waals surface area contributed by atoms with Gasteiger partial charge in [-0.3, -0.25) is 14.7 Å². The molecule has 3 rings (SSSR count). The van der Waals surface area contributed by atoms with Gasteiger partial charge in [0.15, 0.2) is 0 Å². The molecule has 0 saturated carbocycles. The number of ether oxygens (including phenoxy) is 1. The minimum absolute atomic E-state index is 0.415. The zero-order valence-corrected chi connectivity index (χ0v) is 15.8. The molecule has 0 bridgehead atoms. The molecule has 1 N–H and O–H groups in total.